The number of hydrogen-bond donors (Lipinski definition) is 0. The summed E-state index contributed by atoms with van der Waals surface area (Å²) in [6, 6.07) is 2.09. The van der Waals surface area contributed by atoms with E-state index in [-0.39, 0.29) is 13.2 Å². The van der Waals surface area contributed by atoms with Crippen LogP contribution in [0.5, 0.6) is 0 Å². The van der Waals surface area contributed by atoms with Gasteiger partial charge < -0.3 is 9.47 Å². The van der Waals surface area contributed by atoms with Gasteiger partial charge in [-0.15, -0.1) is 0 Å². The van der Waals surface area contributed by atoms with Crippen molar-refractivity contribution < 1.29 is 27.8 Å². The maximum atomic E-state index is 13.9. The van der Waals surface area contributed by atoms with Crippen LogP contribution in [0.4, 0.5) is 8.78 Å². The number of aryl methyl sites for hydroxylation is 1. The molecule has 4 nitrogen and oxygen atoms in total. The molecule has 0 heterocycles. The van der Waals surface area contributed by atoms with E-state index in [1.165, 1.54) is 20.8 Å². The molecule has 0 radical (unpaired) electrons. The van der Waals surface area contributed by atoms with Crippen molar-refractivity contribution in [1.82, 2.24) is 0 Å². The van der Waals surface area contributed by atoms with Crippen molar-refractivity contribution in [3.05, 3.63) is 34.9 Å². The van der Waals surface area contributed by atoms with E-state index < -0.39 is 35.1 Å². The summed E-state index contributed by atoms with van der Waals surface area (Å²) in [4.78, 5) is 23.6. The molecule has 20 heavy (non-hydrogen) atoms. The summed E-state index contributed by atoms with van der Waals surface area (Å²) in [6.45, 7) is 4.54. The van der Waals surface area contributed by atoms with Gasteiger partial charge in [-0.05, 0) is 38.5 Å². The van der Waals surface area contributed by atoms with E-state index in [0.717, 1.165) is 12.1 Å². The number of esters is 2. The number of rotatable bonds is 5. The minimum Gasteiger partial charge on any atom is -0.465 e. The van der Waals surface area contributed by atoms with Gasteiger partial charge in [0.25, 0.3) is 0 Å². The monoisotopic (exact) mass is 286 g/mol. The summed E-state index contributed by atoms with van der Waals surface area (Å²) in [7, 11) is 0. The lowest BCUT2D eigenvalue weighted by atomic mass is 9.96. The van der Waals surface area contributed by atoms with Gasteiger partial charge in [0, 0.05) is 5.56 Å². The lowest BCUT2D eigenvalue weighted by Gasteiger charge is -2.16. The molecule has 1 aromatic carbocycles. The third-order valence-electron chi connectivity index (χ3n) is 2.56. The second-order valence-electron chi connectivity index (χ2n) is 4.08. The van der Waals surface area contributed by atoms with Crippen molar-refractivity contribution in [3.8, 4) is 0 Å². The van der Waals surface area contributed by atoms with E-state index in [1.54, 1.807) is 0 Å². The van der Waals surface area contributed by atoms with E-state index in [4.69, 9.17) is 9.47 Å². The topological polar surface area (TPSA) is 52.6 Å². The molecule has 0 aliphatic heterocycles. The summed E-state index contributed by atoms with van der Waals surface area (Å²) in [6.07, 6.45) is 0. The van der Waals surface area contributed by atoms with Crippen LogP contribution in [0.25, 0.3) is 0 Å². The SMILES string of the molecule is CCOC(=O)C(C(=O)OCC)c1c(F)cc(C)cc1F. The van der Waals surface area contributed by atoms with Crippen molar-refractivity contribution >= 4 is 11.9 Å². The maximum absolute atomic E-state index is 13.9. The Bertz CT molecular complexity index is 473. The average Bonchev–Trinajstić information content (AvgIpc) is 2.33. The predicted octanol–water partition coefficient (Wildman–Crippen LogP) is 2.48. The van der Waals surface area contributed by atoms with Gasteiger partial charge >= 0.3 is 11.9 Å². The number of hydrogen-bond acceptors (Lipinski definition) is 4. The average molecular weight is 286 g/mol. The Kier molecular flexibility index (Phi) is 5.61. The fourth-order valence-electron chi connectivity index (χ4n) is 1.77. The van der Waals surface area contributed by atoms with Crippen LogP contribution in [0.2, 0.25) is 0 Å². The maximum Gasteiger partial charge on any atom is 0.325 e. The lowest BCUT2D eigenvalue weighted by Crippen LogP contribution is -2.28. The van der Waals surface area contributed by atoms with Gasteiger partial charge in [0.2, 0.25) is 0 Å². The van der Waals surface area contributed by atoms with Crippen molar-refractivity contribution in [2.24, 2.45) is 0 Å². The molecule has 0 saturated heterocycles. The van der Waals surface area contributed by atoms with Crippen LogP contribution in [-0.4, -0.2) is 25.2 Å². The van der Waals surface area contributed by atoms with Crippen LogP contribution in [0.1, 0.15) is 30.9 Å². The molecule has 0 N–H and O–H groups in total. The first-order valence-electron chi connectivity index (χ1n) is 6.21. The standard InChI is InChI=1S/C14H16F2O4/c1-4-19-13(17)12(14(18)20-5-2)11-9(15)6-8(3)7-10(11)16/h6-7,12H,4-5H2,1-3H3. The Morgan fingerprint density at radius 3 is 1.80 bits per heavy atom. The fraction of sp³-hybridized carbons (Fsp3) is 0.429. The Labute approximate surface area is 115 Å². The van der Waals surface area contributed by atoms with Crippen molar-refractivity contribution in [1.29, 1.82) is 0 Å². The van der Waals surface area contributed by atoms with Gasteiger partial charge in [0.15, 0.2) is 5.92 Å². The molecule has 0 saturated carbocycles. The van der Waals surface area contributed by atoms with E-state index in [0.29, 0.717) is 5.56 Å². The highest BCUT2D eigenvalue weighted by Gasteiger charge is 2.36. The van der Waals surface area contributed by atoms with E-state index >= 15 is 0 Å². The molecular weight excluding hydrogens is 270 g/mol. The van der Waals surface area contributed by atoms with Crippen molar-refractivity contribution in [2.45, 2.75) is 26.7 Å². The highest BCUT2D eigenvalue weighted by Crippen LogP contribution is 2.26. The smallest absolute Gasteiger partial charge is 0.325 e. The van der Waals surface area contributed by atoms with Gasteiger partial charge in [-0.25, -0.2) is 8.78 Å². The molecule has 0 spiro atoms. The molecule has 0 unspecified atom stereocenters. The molecule has 0 bridgehead atoms. The molecule has 0 aliphatic rings. The van der Waals surface area contributed by atoms with Crippen LogP contribution in [0.15, 0.2) is 12.1 Å². The van der Waals surface area contributed by atoms with Gasteiger partial charge in [-0.2, -0.15) is 0 Å². The summed E-state index contributed by atoms with van der Waals surface area (Å²) in [5, 5.41) is 0. The Morgan fingerprint density at radius 2 is 1.45 bits per heavy atom. The normalized spacial score (nSPS) is 10.5. The zero-order valence-corrected chi connectivity index (χ0v) is 11.5. The summed E-state index contributed by atoms with van der Waals surface area (Å²) >= 11 is 0. The molecule has 0 fully saturated rings. The number of carbonyl (C=O) groups excluding carboxylic acids is 2. The first kappa shape index (κ1) is 16.1. The molecule has 1 rings (SSSR count). The Balaban J connectivity index is 3.30. The number of ether oxygens (including phenoxy) is 2. The zero-order valence-electron chi connectivity index (χ0n) is 11.5. The third kappa shape index (κ3) is 3.53. The number of carbonyl (C=O) groups is 2. The summed E-state index contributed by atoms with van der Waals surface area (Å²) in [5.41, 5.74) is -0.303. The Morgan fingerprint density at radius 1 is 1.05 bits per heavy atom. The minimum absolute atomic E-state index is 0.0101. The zero-order chi connectivity index (χ0) is 15.3. The van der Waals surface area contributed by atoms with Crippen molar-refractivity contribution in [2.75, 3.05) is 13.2 Å². The molecular formula is C14H16F2O4. The molecule has 1 aromatic rings. The second-order valence-corrected chi connectivity index (χ2v) is 4.08. The van der Waals surface area contributed by atoms with E-state index in [1.807, 2.05) is 0 Å². The minimum atomic E-state index is -1.75. The quantitative estimate of drug-likeness (QED) is 0.616. The summed E-state index contributed by atoms with van der Waals surface area (Å²) in [5.74, 6) is -5.78. The Hall–Kier alpha value is -1.98. The first-order chi connectivity index (χ1) is 9.42. The van der Waals surface area contributed by atoms with E-state index in [2.05, 4.69) is 0 Å². The van der Waals surface area contributed by atoms with Crippen molar-refractivity contribution in [3.63, 3.8) is 0 Å². The highest BCUT2D eigenvalue weighted by molar-refractivity contribution is 6.01. The van der Waals surface area contributed by atoms with Crippen LogP contribution in [-0.2, 0) is 19.1 Å². The van der Waals surface area contributed by atoms with E-state index in [9.17, 15) is 18.4 Å². The molecule has 0 atom stereocenters. The highest BCUT2D eigenvalue weighted by atomic mass is 19.1. The van der Waals surface area contributed by atoms with Gasteiger partial charge in [0.1, 0.15) is 11.6 Å². The molecule has 0 aliphatic carbocycles. The van der Waals surface area contributed by atoms with Crippen LogP contribution >= 0.6 is 0 Å². The predicted molar refractivity (Wildman–Crippen MR) is 67.1 cm³/mol. The van der Waals surface area contributed by atoms with Crippen LogP contribution in [0, 0.1) is 18.6 Å². The second kappa shape index (κ2) is 6.98. The molecule has 110 valence electrons. The molecule has 6 heteroatoms. The fourth-order valence-corrected chi connectivity index (χ4v) is 1.77. The molecule has 0 aromatic heterocycles. The lowest BCUT2D eigenvalue weighted by molar-refractivity contribution is -0.157. The number of halogens is 2. The van der Waals surface area contributed by atoms with Gasteiger partial charge in [0.05, 0.1) is 13.2 Å². The number of benzene rings is 1. The van der Waals surface area contributed by atoms with Crippen LogP contribution < -0.4 is 0 Å². The summed E-state index contributed by atoms with van der Waals surface area (Å²) < 4.78 is 37.2. The van der Waals surface area contributed by atoms with Crippen LogP contribution in [0.3, 0.4) is 0 Å². The largest absolute Gasteiger partial charge is 0.465 e. The van der Waals surface area contributed by atoms with Gasteiger partial charge in [-0.3, -0.25) is 9.59 Å². The third-order valence-corrected chi connectivity index (χ3v) is 2.56. The first-order valence-corrected chi connectivity index (χ1v) is 6.21. The molecule has 0 amide bonds. The van der Waals surface area contributed by atoms with Gasteiger partial charge in [-0.1, -0.05) is 0 Å².